The molecule has 3 heterocycles. The summed E-state index contributed by atoms with van der Waals surface area (Å²) in [6, 6.07) is 8.14. The zero-order valence-electron chi connectivity index (χ0n) is 14.1. The first-order chi connectivity index (χ1) is 13.6. The molecule has 0 atom stereocenters. The number of hydrogen-bond donors (Lipinski definition) is 2. The fourth-order valence-electron chi connectivity index (χ4n) is 2.79. The van der Waals surface area contributed by atoms with Crippen molar-refractivity contribution in [3.63, 3.8) is 0 Å². The van der Waals surface area contributed by atoms with E-state index in [0.29, 0.717) is 27.6 Å². The Hall–Kier alpha value is -3.29. The number of halogens is 1. The highest BCUT2D eigenvalue weighted by molar-refractivity contribution is 9.10. The predicted octanol–water partition coefficient (Wildman–Crippen LogP) is 3.80. The van der Waals surface area contributed by atoms with Gasteiger partial charge in [0.1, 0.15) is 17.9 Å². The lowest BCUT2D eigenvalue weighted by Crippen LogP contribution is -2.27. The molecule has 0 radical (unpaired) electrons. The third kappa shape index (κ3) is 3.33. The van der Waals surface area contributed by atoms with Crippen LogP contribution in [0, 0.1) is 6.57 Å². The van der Waals surface area contributed by atoms with Crippen LogP contribution in [0.15, 0.2) is 51.3 Å². The average molecular weight is 455 g/mol. The first-order valence-electron chi connectivity index (χ1n) is 8.00. The number of aromatic nitrogens is 4. The van der Waals surface area contributed by atoms with Crippen molar-refractivity contribution in [3.05, 3.63) is 68.3 Å². The molecule has 3 aromatic heterocycles. The molecule has 0 aliphatic heterocycles. The zero-order chi connectivity index (χ0) is 19.7. The molecular formula is C18H11BrN6O2S. The molecular weight excluding hydrogens is 444 g/mol. The maximum atomic E-state index is 12.7. The van der Waals surface area contributed by atoms with Crippen molar-refractivity contribution >= 4 is 54.8 Å². The van der Waals surface area contributed by atoms with Gasteiger partial charge in [-0.1, -0.05) is 12.1 Å². The highest BCUT2D eigenvalue weighted by Gasteiger charge is 2.17. The van der Waals surface area contributed by atoms with Crippen molar-refractivity contribution in [3.8, 4) is 11.4 Å². The molecule has 138 valence electrons. The minimum absolute atomic E-state index is 0.178. The lowest BCUT2D eigenvalue weighted by Gasteiger charge is -2.11. The Balaban J connectivity index is 1.67. The topological polar surface area (TPSA) is 97.0 Å². The number of amides is 1. The molecule has 28 heavy (non-hydrogen) atoms. The second-order valence-electron chi connectivity index (χ2n) is 5.78. The monoisotopic (exact) mass is 454 g/mol. The number of nitrogens with zero attached hydrogens (tertiary/aromatic N) is 4. The second kappa shape index (κ2) is 7.38. The number of carbonyl (C=O) groups is 1. The van der Waals surface area contributed by atoms with Crippen molar-refractivity contribution in [2.24, 2.45) is 0 Å². The van der Waals surface area contributed by atoms with Crippen molar-refractivity contribution in [1.82, 2.24) is 19.7 Å². The Morgan fingerprint density at radius 1 is 1.36 bits per heavy atom. The van der Waals surface area contributed by atoms with Crippen molar-refractivity contribution in [1.29, 1.82) is 0 Å². The summed E-state index contributed by atoms with van der Waals surface area (Å²) in [5.74, 6) is 0.158. The van der Waals surface area contributed by atoms with Crippen LogP contribution in [0.1, 0.15) is 0 Å². The van der Waals surface area contributed by atoms with E-state index < -0.39 is 0 Å². The molecule has 1 amide bonds. The summed E-state index contributed by atoms with van der Waals surface area (Å²) < 4.78 is 2.13. The lowest BCUT2D eigenvalue weighted by atomic mass is 10.2. The summed E-state index contributed by atoms with van der Waals surface area (Å²) in [5, 5.41) is 12.6. The van der Waals surface area contributed by atoms with E-state index >= 15 is 0 Å². The van der Waals surface area contributed by atoms with E-state index in [9.17, 15) is 9.59 Å². The van der Waals surface area contributed by atoms with Gasteiger partial charge in [0.05, 0.1) is 12.1 Å². The van der Waals surface area contributed by atoms with Gasteiger partial charge in [0, 0.05) is 21.4 Å². The molecule has 1 aromatic carbocycles. The molecule has 0 bridgehead atoms. The van der Waals surface area contributed by atoms with Gasteiger partial charge in [-0.15, -0.1) is 11.3 Å². The maximum Gasteiger partial charge on any atom is 0.251 e. The fourth-order valence-corrected chi connectivity index (χ4v) is 4.43. The summed E-state index contributed by atoms with van der Waals surface area (Å²) >= 11 is 4.78. The molecule has 0 spiro atoms. The number of H-pyrrole nitrogens is 1. The Morgan fingerprint density at radius 3 is 2.93 bits per heavy atom. The second-order valence-corrected chi connectivity index (χ2v) is 7.52. The Morgan fingerprint density at radius 2 is 2.18 bits per heavy atom. The largest absolute Gasteiger partial charge is 0.315 e. The van der Waals surface area contributed by atoms with Crippen molar-refractivity contribution in [2.75, 3.05) is 5.32 Å². The number of nitrogens with one attached hydrogen (secondary N) is 2. The smallest absolute Gasteiger partial charge is 0.251 e. The molecule has 4 rings (SSSR count). The maximum absolute atomic E-state index is 12.7. The zero-order valence-corrected chi connectivity index (χ0v) is 16.5. The van der Waals surface area contributed by atoms with Crippen LogP contribution in [0.5, 0.6) is 0 Å². The fraction of sp³-hybridized carbons (Fsp3) is 0.0556. The van der Waals surface area contributed by atoms with Gasteiger partial charge in [-0.3, -0.25) is 14.7 Å². The molecule has 8 nitrogen and oxygen atoms in total. The summed E-state index contributed by atoms with van der Waals surface area (Å²) in [4.78, 5) is 32.5. The van der Waals surface area contributed by atoms with Crippen LogP contribution in [0.4, 0.5) is 10.7 Å². The highest BCUT2D eigenvalue weighted by atomic mass is 79.9. The van der Waals surface area contributed by atoms with Crippen LogP contribution in [0.25, 0.3) is 27.1 Å². The van der Waals surface area contributed by atoms with E-state index in [2.05, 4.69) is 41.3 Å². The normalized spacial score (nSPS) is 10.7. The molecule has 0 saturated heterocycles. The van der Waals surface area contributed by atoms with Crippen LogP contribution < -0.4 is 10.9 Å². The first kappa shape index (κ1) is 18.1. The minimum Gasteiger partial charge on any atom is -0.315 e. The molecule has 0 unspecified atom stereocenters. The van der Waals surface area contributed by atoms with Gasteiger partial charge in [0.25, 0.3) is 5.56 Å². The minimum atomic E-state index is -0.363. The standard InChI is InChI=1S/C18H11BrN6O2S/c1-20-11-4-2-10-3-5-15(27)25(13(10)6-11)7-14(26)23-18-16(12(19)8-28-18)17-21-9-22-24-17/h2-6,8-9H,7H2,(H,23,26)(H,21,22,24). The third-order valence-corrected chi connectivity index (χ3v) is 5.88. The molecule has 0 aliphatic carbocycles. The number of carbonyl (C=O) groups excluding carboxylic acids is 1. The molecule has 0 aliphatic rings. The van der Waals surface area contributed by atoms with Gasteiger partial charge < -0.3 is 9.88 Å². The van der Waals surface area contributed by atoms with E-state index in [4.69, 9.17) is 6.57 Å². The van der Waals surface area contributed by atoms with Gasteiger partial charge in [0.2, 0.25) is 5.91 Å². The van der Waals surface area contributed by atoms with Crippen LogP contribution in [-0.2, 0) is 11.3 Å². The average Bonchev–Trinajstić information content (AvgIpc) is 3.33. The Bertz CT molecular complexity index is 1290. The predicted molar refractivity (Wildman–Crippen MR) is 110 cm³/mol. The lowest BCUT2D eigenvalue weighted by molar-refractivity contribution is -0.116. The number of pyridine rings is 1. The number of fused-ring (bicyclic) bond motifs is 1. The van der Waals surface area contributed by atoms with Gasteiger partial charge in [-0.2, -0.15) is 5.10 Å². The summed E-state index contributed by atoms with van der Waals surface area (Å²) in [7, 11) is 0. The first-order valence-corrected chi connectivity index (χ1v) is 9.67. The number of rotatable bonds is 4. The van der Waals surface area contributed by atoms with E-state index in [1.165, 1.54) is 28.3 Å². The molecule has 4 aromatic rings. The SMILES string of the molecule is [C-]#[N+]c1ccc2ccc(=O)n(CC(=O)Nc3scc(Br)c3-c3ncn[nH]3)c2c1. The molecule has 10 heteroatoms. The number of thiophene rings is 1. The van der Waals surface area contributed by atoms with Crippen LogP contribution >= 0.6 is 27.3 Å². The van der Waals surface area contributed by atoms with Gasteiger partial charge in [0.15, 0.2) is 11.5 Å². The number of benzene rings is 1. The van der Waals surface area contributed by atoms with Gasteiger partial charge in [-0.05, 0) is 33.4 Å². The molecule has 2 N–H and O–H groups in total. The Kier molecular flexibility index (Phi) is 4.77. The van der Waals surface area contributed by atoms with Gasteiger partial charge in [-0.25, -0.2) is 9.83 Å². The number of hydrogen-bond acceptors (Lipinski definition) is 5. The van der Waals surface area contributed by atoms with Crippen LogP contribution in [0.2, 0.25) is 0 Å². The van der Waals surface area contributed by atoms with Crippen molar-refractivity contribution < 1.29 is 4.79 Å². The van der Waals surface area contributed by atoms with E-state index in [1.807, 2.05) is 5.38 Å². The third-order valence-electron chi connectivity index (χ3n) is 4.06. The van der Waals surface area contributed by atoms with Gasteiger partial charge >= 0.3 is 0 Å². The highest BCUT2D eigenvalue weighted by Crippen LogP contribution is 2.38. The van der Waals surface area contributed by atoms with E-state index in [-0.39, 0.29) is 18.0 Å². The van der Waals surface area contributed by atoms with E-state index in [0.717, 1.165) is 9.86 Å². The summed E-state index contributed by atoms with van der Waals surface area (Å²) in [5.41, 5.74) is 1.32. The number of anilines is 1. The van der Waals surface area contributed by atoms with E-state index in [1.54, 1.807) is 24.3 Å². The summed E-state index contributed by atoms with van der Waals surface area (Å²) in [6.45, 7) is 6.99. The Labute approximate surface area is 170 Å². The quantitative estimate of drug-likeness (QED) is 0.458. The van der Waals surface area contributed by atoms with Crippen LogP contribution in [0.3, 0.4) is 0 Å². The number of aromatic amines is 1. The van der Waals surface area contributed by atoms with Crippen LogP contribution in [-0.4, -0.2) is 25.7 Å². The van der Waals surface area contributed by atoms with Crippen molar-refractivity contribution in [2.45, 2.75) is 6.54 Å². The molecule has 0 fully saturated rings. The summed E-state index contributed by atoms with van der Waals surface area (Å²) in [6.07, 6.45) is 1.38. The molecule has 0 saturated carbocycles.